The SMILES string of the molecule is Cc1cn(C(C)C(=O)O)c2ccc(S)cc12. The van der Waals surface area contributed by atoms with Crippen LogP contribution in [-0.4, -0.2) is 15.6 Å². The van der Waals surface area contributed by atoms with Gasteiger partial charge in [-0.05, 0) is 37.6 Å². The van der Waals surface area contributed by atoms with Gasteiger partial charge < -0.3 is 9.67 Å². The molecule has 2 aromatic rings. The normalized spacial score (nSPS) is 12.9. The molecule has 1 unspecified atom stereocenters. The van der Waals surface area contributed by atoms with Gasteiger partial charge in [0.1, 0.15) is 6.04 Å². The zero-order valence-corrected chi connectivity index (χ0v) is 10.0. The summed E-state index contributed by atoms with van der Waals surface area (Å²) >= 11 is 4.28. The van der Waals surface area contributed by atoms with Crippen LogP contribution < -0.4 is 0 Å². The largest absolute Gasteiger partial charge is 0.480 e. The van der Waals surface area contributed by atoms with E-state index in [1.54, 1.807) is 11.5 Å². The molecule has 1 aromatic heterocycles. The molecule has 0 fully saturated rings. The summed E-state index contributed by atoms with van der Waals surface area (Å²) in [6.07, 6.45) is 1.87. The Morgan fingerprint density at radius 2 is 2.19 bits per heavy atom. The number of fused-ring (bicyclic) bond motifs is 1. The van der Waals surface area contributed by atoms with E-state index in [1.807, 2.05) is 31.3 Å². The summed E-state index contributed by atoms with van der Waals surface area (Å²) in [6, 6.07) is 5.18. The molecular formula is C12H13NO2S. The summed E-state index contributed by atoms with van der Waals surface area (Å²) in [5.74, 6) is -0.827. The van der Waals surface area contributed by atoms with Crippen molar-refractivity contribution in [2.75, 3.05) is 0 Å². The van der Waals surface area contributed by atoms with Gasteiger partial charge in [0.2, 0.25) is 0 Å². The predicted octanol–water partition coefficient (Wildman–Crippen LogP) is 2.88. The van der Waals surface area contributed by atoms with Crippen LogP contribution in [0, 0.1) is 6.92 Å². The average Bonchev–Trinajstić information content (AvgIpc) is 2.55. The number of aromatic nitrogens is 1. The molecule has 16 heavy (non-hydrogen) atoms. The van der Waals surface area contributed by atoms with E-state index in [2.05, 4.69) is 12.6 Å². The van der Waals surface area contributed by atoms with E-state index in [0.717, 1.165) is 21.4 Å². The molecule has 4 heteroatoms. The predicted molar refractivity (Wildman–Crippen MR) is 66.3 cm³/mol. The van der Waals surface area contributed by atoms with E-state index in [9.17, 15) is 4.79 Å². The fourth-order valence-corrected chi connectivity index (χ4v) is 2.06. The monoisotopic (exact) mass is 235 g/mol. The first-order valence-corrected chi connectivity index (χ1v) is 5.48. The molecule has 0 bridgehead atoms. The van der Waals surface area contributed by atoms with Crippen LogP contribution in [0.25, 0.3) is 10.9 Å². The quantitative estimate of drug-likeness (QED) is 0.786. The number of aryl methyl sites for hydroxylation is 1. The molecule has 0 saturated heterocycles. The number of benzene rings is 1. The molecule has 1 atom stereocenters. The third-order valence-corrected chi connectivity index (χ3v) is 3.07. The van der Waals surface area contributed by atoms with Gasteiger partial charge in [0, 0.05) is 22.0 Å². The Bertz CT molecular complexity index is 559. The van der Waals surface area contributed by atoms with Crippen molar-refractivity contribution < 1.29 is 9.90 Å². The first kappa shape index (κ1) is 11.1. The molecule has 3 nitrogen and oxygen atoms in total. The highest BCUT2D eigenvalue weighted by atomic mass is 32.1. The standard InChI is InChI=1S/C12H13NO2S/c1-7-6-13(8(2)12(14)15)11-4-3-9(16)5-10(7)11/h3-6,8,16H,1-2H3,(H,14,15). The number of nitrogens with zero attached hydrogens (tertiary/aromatic N) is 1. The lowest BCUT2D eigenvalue weighted by molar-refractivity contribution is -0.140. The van der Waals surface area contributed by atoms with Crippen molar-refractivity contribution in [3.63, 3.8) is 0 Å². The highest BCUT2D eigenvalue weighted by molar-refractivity contribution is 7.80. The fourth-order valence-electron chi connectivity index (χ4n) is 1.85. The van der Waals surface area contributed by atoms with E-state index >= 15 is 0 Å². The van der Waals surface area contributed by atoms with Crippen LogP contribution in [0.1, 0.15) is 18.5 Å². The lowest BCUT2D eigenvalue weighted by Crippen LogP contribution is -2.14. The van der Waals surface area contributed by atoms with Crippen LogP contribution in [0.5, 0.6) is 0 Å². The molecule has 0 radical (unpaired) electrons. The van der Waals surface area contributed by atoms with Gasteiger partial charge in [0.15, 0.2) is 0 Å². The van der Waals surface area contributed by atoms with E-state index in [-0.39, 0.29) is 0 Å². The fraction of sp³-hybridized carbons (Fsp3) is 0.250. The van der Waals surface area contributed by atoms with Crippen molar-refractivity contribution in [1.29, 1.82) is 0 Å². The van der Waals surface area contributed by atoms with Crippen molar-refractivity contribution in [1.82, 2.24) is 4.57 Å². The van der Waals surface area contributed by atoms with Crippen LogP contribution in [0.4, 0.5) is 0 Å². The average molecular weight is 235 g/mol. The molecule has 0 aliphatic carbocycles. The Balaban J connectivity index is 2.68. The molecule has 1 N–H and O–H groups in total. The van der Waals surface area contributed by atoms with Crippen molar-refractivity contribution in [3.8, 4) is 0 Å². The van der Waals surface area contributed by atoms with Gasteiger partial charge in [-0.3, -0.25) is 0 Å². The van der Waals surface area contributed by atoms with Gasteiger partial charge in [0.25, 0.3) is 0 Å². The molecule has 0 amide bonds. The van der Waals surface area contributed by atoms with Crippen LogP contribution in [0.3, 0.4) is 0 Å². The molecule has 2 rings (SSSR count). The van der Waals surface area contributed by atoms with Crippen LogP contribution in [0.2, 0.25) is 0 Å². The number of carboxylic acids is 1. The first-order valence-electron chi connectivity index (χ1n) is 5.03. The minimum atomic E-state index is -0.827. The number of hydrogen-bond acceptors (Lipinski definition) is 2. The Labute approximate surface area is 99.1 Å². The maximum Gasteiger partial charge on any atom is 0.326 e. The molecule has 84 valence electrons. The lowest BCUT2D eigenvalue weighted by Gasteiger charge is -2.09. The maximum absolute atomic E-state index is 11.0. The van der Waals surface area contributed by atoms with Crippen LogP contribution in [0.15, 0.2) is 29.3 Å². The zero-order valence-electron chi connectivity index (χ0n) is 9.14. The second-order valence-corrected chi connectivity index (χ2v) is 4.45. The summed E-state index contributed by atoms with van der Waals surface area (Å²) in [6.45, 7) is 3.65. The van der Waals surface area contributed by atoms with Gasteiger partial charge >= 0.3 is 5.97 Å². The number of aliphatic carboxylic acids is 1. The van der Waals surface area contributed by atoms with E-state index in [4.69, 9.17) is 5.11 Å². The highest BCUT2D eigenvalue weighted by Gasteiger charge is 2.16. The van der Waals surface area contributed by atoms with E-state index in [0.29, 0.717) is 0 Å². The molecule has 0 aliphatic rings. The van der Waals surface area contributed by atoms with Gasteiger partial charge in [-0.2, -0.15) is 0 Å². The second kappa shape index (κ2) is 3.87. The number of carbonyl (C=O) groups is 1. The Morgan fingerprint density at radius 3 is 2.81 bits per heavy atom. The van der Waals surface area contributed by atoms with Crippen molar-refractivity contribution in [2.45, 2.75) is 24.8 Å². The molecule has 1 aromatic carbocycles. The lowest BCUT2D eigenvalue weighted by atomic mass is 10.2. The summed E-state index contributed by atoms with van der Waals surface area (Å²) in [5.41, 5.74) is 2.00. The molecular weight excluding hydrogens is 222 g/mol. The first-order chi connectivity index (χ1) is 7.50. The third kappa shape index (κ3) is 1.69. The molecule has 0 aliphatic heterocycles. The van der Waals surface area contributed by atoms with Crippen LogP contribution in [-0.2, 0) is 4.79 Å². The highest BCUT2D eigenvalue weighted by Crippen LogP contribution is 2.26. The summed E-state index contributed by atoms with van der Waals surface area (Å²) in [4.78, 5) is 11.9. The summed E-state index contributed by atoms with van der Waals surface area (Å²) in [7, 11) is 0. The molecule has 0 spiro atoms. The van der Waals surface area contributed by atoms with Gasteiger partial charge in [-0.25, -0.2) is 4.79 Å². The number of rotatable bonds is 2. The number of hydrogen-bond donors (Lipinski definition) is 2. The van der Waals surface area contributed by atoms with Crippen molar-refractivity contribution in [3.05, 3.63) is 30.0 Å². The zero-order chi connectivity index (χ0) is 11.9. The van der Waals surface area contributed by atoms with Crippen molar-refractivity contribution >= 4 is 29.5 Å². The summed E-state index contributed by atoms with van der Waals surface area (Å²) in [5, 5.41) is 10.1. The Morgan fingerprint density at radius 1 is 1.50 bits per heavy atom. The smallest absolute Gasteiger partial charge is 0.326 e. The van der Waals surface area contributed by atoms with Gasteiger partial charge in [0.05, 0.1) is 0 Å². The van der Waals surface area contributed by atoms with Gasteiger partial charge in [-0.15, -0.1) is 12.6 Å². The Kier molecular flexibility index (Phi) is 2.68. The van der Waals surface area contributed by atoms with Crippen molar-refractivity contribution in [2.24, 2.45) is 0 Å². The minimum absolute atomic E-state index is 0.554. The number of carboxylic acid groups (broad SMARTS) is 1. The maximum atomic E-state index is 11.0. The topological polar surface area (TPSA) is 42.2 Å². The van der Waals surface area contributed by atoms with Gasteiger partial charge in [-0.1, -0.05) is 0 Å². The minimum Gasteiger partial charge on any atom is -0.480 e. The second-order valence-electron chi connectivity index (χ2n) is 3.94. The van der Waals surface area contributed by atoms with E-state index < -0.39 is 12.0 Å². The summed E-state index contributed by atoms with van der Waals surface area (Å²) < 4.78 is 1.78. The number of thiol groups is 1. The Hall–Kier alpha value is -1.42. The van der Waals surface area contributed by atoms with Crippen LogP contribution >= 0.6 is 12.6 Å². The van der Waals surface area contributed by atoms with E-state index in [1.165, 1.54) is 0 Å². The molecule has 0 saturated carbocycles. The third-order valence-electron chi connectivity index (χ3n) is 2.79. The molecule has 1 heterocycles.